The van der Waals surface area contributed by atoms with Crippen LogP contribution < -0.4 is 0 Å². The highest BCUT2D eigenvalue weighted by Crippen LogP contribution is 2.24. The number of rotatable bonds is 16. The van der Waals surface area contributed by atoms with Crippen molar-refractivity contribution in [1.29, 1.82) is 0 Å². The van der Waals surface area contributed by atoms with Gasteiger partial charge in [0.2, 0.25) is 0 Å². The summed E-state index contributed by atoms with van der Waals surface area (Å²) in [6.07, 6.45) is 3.91. The monoisotopic (exact) mass is 356 g/mol. The minimum atomic E-state index is -0.0518. The van der Waals surface area contributed by atoms with Crippen molar-refractivity contribution in [2.24, 2.45) is 5.41 Å². The molecule has 0 amide bonds. The molecule has 0 saturated heterocycles. The summed E-state index contributed by atoms with van der Waals surface area (Å²) in [5, 5.41) is 0. The van der Waals surface area contributed by atoms with Crippen LogP contribution in [0.1, 0.15) is 32.6 Å². The van der Waals surface area contributed by atoms with Crippen LogP contribution in [0.5, 0.6) is 0 Å². The lowest BCUT2D eigenvalue weighted by atomic mass is 9.88. The zero-order valence-corrected chi connectivity index (χ0v) is 15.9. The normalized spacial score (nSPS) is 12.0. The van der Waals surface area contributed by atoms with Gasteiger partial charge in [-0.3, -0.25) is 0 Å². The summed E-state index contributed by atoms with van der Waals surface area (Å²) in [6.45, 7) is 6.46. The van der Waals surface area contributed by atoms with Crippen LogP contribution in [-0.2, 0) is 14.2 Å². The molecule has 0 aromatic rings. The lowest BCUT2D eigenvalue weighted by Crippen LogP contribution is -2.37. The first-order valence-corrected chi connectivity index (χ1v) is 9.70. The summed E-state index contributed by atoms with van der Waals surface area (Å²) in [5.41, 5.74) is -0.0518. The molecule has 0 radical (unpaired) electrons. The molecule has 0 aliphatic heterocycles. The number of ether oxygens (including phenoxy) is 3. The lowest BCUT2D eigenvalue weighted by Gasteiger charge is -2.32. The average molecular weight is 357 g/mol. The first-order valence-electron chi connectivity index (χ1n) is 7.80. The molecular formula is C15H32O3S3. The van der Waals surface area contributed by atoms with E-state index in [0.717, 1.165) is 62.8 Å². The minimum absolute atomic E-state index is 0.0518. The summed E-state index contributed by atoms with van der Waals surface area (Å²) in [7, 11) is 0. The number of hydrogen-bond acceptors (Lipinski definition) is 6. The van der Waals surface area contributed by atoms with Gasteiger partial charge in [0.25, 0.3) is 0 Å². The van der Waals surface area contributed by atoms with Crippen LogP contribution in [0.4, 0.5) is 0 Å². The molecule has 3 nitrogen and oxygen atoms in total. The van der Waals surface area contributed by atoms with E-state index in [4.69, 9.17) is 14.2 Å². The van der Waals surface area contributed by atoms with E-state index >= 15 is 0 Å². The zero-order chi connectivity index (χ0) is 15.8. The minimum Gasteiger partial charge on any atom is -0.381 e. The van der Waals surface area contributed by atoms with Gasteiger partial charge in [0.1, 0.15) is 0 Å². The van der Waals surface area contributed by atoms with E-state index in [1.54, 1.807) is 0 Å². The van der Waals surface area contributed by atoms with Gasteiger partial charge in [-0.15, -0.1) is 0 Å². The maximum atomic E-state index is 5.81. The van der Waals surface area contributed by atoms with Crippen LogP contribution in [0, 0.1) is 5.41 Å². The SMILES string of the molecule is CCC(COCCCS)(COCCCS)COCCCS. The van der Waals surface area contributed by atoms with E-state index in [-0.39, 0.29) is 5.41 Å². The number of hydrogen-bond donors (Lipinski definition) is 3. The largest absolute Gasteiger partial charge is 0.381 e. The second-order valence-corrected chi connectivity index (χ2v) is 6.58. The first-order chi connectivity index (χ1) is 10.2. The van der Waals surface area contributed by atoms with Crippen molar-refractivity contribution in [2.45, 2.75) is 32.6 Å². The molecule has 0 rings (SSSR count). The summed E-state index contributed by atoms with van der Waals surface area (Å²) >= 11 is 12.6. The molecule has 0 aliphatic rings. The van der Waals surface area contributed by atoms with Crippen LogP contribution in [0.3, 0.4) is 0 Å². The Kier molecular flexibility index (Phi) is 16.5. The van der Waals surface area contributed by atoms with E-state index in [0.29, 0.717) is 19.8 Å². The molecule has 0 heterocycles. The summed E-state index contributed by atoms with van der Waals surface area (Å²) in [5.74, 6) is 2.57. The molecule has 0 N–H and O–H groups in total. The Hall–Kier alpha value is 0.930. The Bertz CT molecular complexity index is 187. The van der Waals surface area contributed by atoms with E-state index in [2.05, 4.69) is 44.8 Å². The molecular weight excluding hydrogens is 324 g/mol. The van der Waals surface area contributed by atoms with E-state index in [1.165, 1.54) is 0 Å². The van der Waals surface area contributed by atoms with Crippen LogP contribution in [0.15, 0.2) is 0 Å². The summed E-state index contributed by atoms with van der Waals surface area (Å²) in [4.78, 5) is 0. The topological polar surface area (TPSA) is 27.7 Å². The molecule has 6 heteroatoms. The van der Waals surface area contributed by atoms with E-state index in [1.807, 2.05) is 0 Å². The maximum absolute atomic E-state index is 5.81. The molecule has 0 unspecified atom stereocenters. The van der Waals surface area contributed by atoms with Crippen LogP contribution in [-0.4, -0.2) is 56.9 Å². The fourth-order valence-corrected chi connectivity index (χ4v) is 2.18. The highest BCUT2D eigenvalue weighted by atomic mass is 32.1. The van der Waals surface area contributed by atoms with Gasteiger partial charge in [0.05, 0.1) is 19.8 Å². The Morgan fingerprint density at radius 2 is 1.00 bits per heavy atom. The van der Waals surface area contributed by atoms with Gasteiger partial charge in [-0.05, 0) is 42.9 Å². The standard InChI is InChI=1S/C15H32O3S3/c1-2-15(12-16-6-3-9-19,13-17-7-4-10-20)14-18-8-5-11-21/h19-21H,2-14H2,1H3. The quantitative estimate of drug-likeness (QED) is 0.292. The summed E-state index contributed by atoms with van der Waals surface area (Å²) in [6, 6.07) is 0. The van der Waals surface area contributed by atoms with Crippen molar-refractivity contribution in [3.05, 3.63) is 0 Å². The van der Waals surface area contributed by atoms with Crippen LogP contribution >= 0.6 is 37.9 Å². The van der Waals surface area contributed by atoms with Crippen LogP contribution in [0.2, 0.25) is 0 Å². The fourth-order valence-electron chi connectivity index (χ4n) is 1.80. The maximum Gasteiger partial charge on any atom is 0.0566 e. The third-order valence-corrected chi connectivity index (χ3v) is 4.26. The van der Waals surface area contributed by atoms with E-state index in [9.17, 15) is 0 Å². The van der Waals surface area contributed by atoms with Crippen molar-refractivity contribution in [3.63, 3.8) is 0 Å². The van der Waals surface area contributed by atoms with Gasteiger partial charge in [-0.2, -0.15) is 37.9 Å². The molecule has 0 bridgehead atoms. The second-order valence-electron chi connectivity index (χ2n) is 5.24. The lowest BCUT2D eigenvalue weighted by molar-refractivity contribution is -0.0709. The van der Waals surface area contributed by atoms with Crippen molar-refractivity contribution in [1.82, 2.24) is 0 Å². The van der Waals surface area contributed by atoms with Gasteiger partial charge in [-0.25, -0.2) is 0 Å². The summed E-state index contributed by atoms with van der Waals surface area (Å²) < 4.78 is 17.4. The molecule has 0 atom stereocenters. The van der Waals surface area contributed by atoms with Crippen molar-refractivity contribution < 1.29 is 14.2 Å². The molecule has 0 aliphatic carbocycles. The molecule has 0 aromatic heterocycles. The third kappa shape index (κ3) is 12.1. The van der Waals surface area contributed by atoms with Gasteiger partial charge in [0, 0.05) is 25.2 Å². The van der Waals surface area contributed by atoms with Gasteiger partial charge in [0.15, 0.2) is 0 Å². The average Bonchev–Trinajstić information content (AvgIpc) is 2.51. The highest BCUT2D eigenvalue weighted by molar-refractivity contribution is 7.80. The Morgan fingerprint density at radius 1 is 0.667 bits per heavy atom. The molecule has 0 fully saturated rings. The van der Waals surface area contributed by atoms with Crippen molar-refractivity contribution in [2.75, 3.05) is 56.9 Å². The van der Waals surface area contributed by atoms with Crippen molar-refractivity contribution in [3.8, 4) is 0 Å². The first kappa shape index (κ1) is 21.9. The van der Waals surface area contributed by atoms with Crippen molar-refractivity contribution >= 4 is 37.9 Å². The van der Waals surface area contributed by atoms with Crippen LogP contribution in [0.25, 0.3) is 0 Å². The second kappa shape index (κ2) is 15.8. The predicted octanol–water partition coefficient (Wildman–Crippen LogP) is 3.39. The van der Waals surface area contributed by atoms with E-state index < -0.39 is 0 Å². The molecule has 21 heavy (non-hydrogen) atoms. The van der Waals surface area contributed by atoms with Gasteiger partial charge < -0.3 is 14.2 Å². The Morgan fingerprint density at radius 3 is 1.24 bits per heavy atom. The molecule has 0 aromatic carbocycles. The van der Waals surface area contributed by atoms with Gasteiger partial charge >= 0.3 is 0 Å². The third-order valence-electron chi connectivity index (χ3n) is 3.32. The smallest absolute Gasteiger partial charge is 0.0566 e. The van der Waals surface area contributed by atoms with Gasteiger partial charge in [-0.1, -0.05) is 6.92 Å². The molecule has 0 saturated carbocycles. The Labute approximate surface area is 147 Å². The highest BCUT2D eigenvalue weighted by Gasteiger charge is 2.29. The predicted molar refractivity (Wildman–Crippen MR) is 101 cm³/mol. The molecule has 128 valence electrons. The zero-order valence-electron chi connectivity index (χ0n) is 13.3. The Balaban J connectivity index is 4.22. The molecule has 0 spiro atoms. The fraction of sp³-hybridized carbons (Fsp3) is 1.00. The number of thiol groups is 3.